The quantitative estimate of drug-likeness (QED) is 0.825. The third-order valence-corrected chi connectivity index (χ3v) is 5.49. The van der Waals surface area contributed by atoms with Crippen LogP contribution in [0.2, 0.25) is 0 Å². The molecular weight excluding hydrogens is 316 g/mol. The Bertz CT molecular complexity index is 599. The maximum absolute atomic E-state index is 12.7. The Balaban J connectivity index is 1.34. The normalized spacial score (nSPS) is 25.0. The fourth-order valence-corrected chi connectivity index (χ4v) is 3.92. The number of nitrogens with one attached hydrogen (secondary N) is 2. The lowest BCUT2D eigenvalue weighted by Gasteiger charge is -2.38. The third kappa shape index (κ3) is 4.30. The van der Waals surface area contributed by atoms with Crippen molar-refractivity contribution in [2.24, 2.45) is 0 Å². The van der Waals surface area contributed by atoms with Gasteiger partial charge >= 0.3 is 0 Å². The van der Waals surface area contributed by atoms with Crippen LogP contribution < -0.4 is 10.6 Å². The maximum atomic E-state index is 12.7. The number of anilines is 1. The Morgan fingerprint density at radius 1 is 1.28 bits per heavy atom. The highest BCUT2D eigenvalue weighted by molar-refractivity contribution is 5.82. The molecule has 6 nitrogen and oxygen atoms in total. The summed E-state index contributed by atoms with van der Waals surface area (Å²) < 4.78 is 5.59. The number of hydrogen-bond donors (Lipinski definition) is 2. The molecule has 2 N–H and O–H groups in total. The van der Waals surface area contributed by atoms with Gasteiger partial charge in [-0.15, -0.1) is 0 Å². The van der Waals surface area contributed by atoms with Crippen molar-refractivity contribution in [1.82, 2.24) is 15.2 Å². The lowest BCUT2D eigenvalue weighted by Crippen LogP contribution is -2.56. The summed E-state index contributed by atoms with van der Waals surface area (Å²) in [6, 6.07) is 4.98. The zero-order valence-corrected chi connectivity index (χ0v) is 14.7. The second-order valence-corrected chi connectivity index (χ2v) is 7.45. The zero-order valence-electron chi connectivity index (χ0n) is 14.7. The molecule has 1 aromatic rings. The Kier molecular flexibility index (Phi) is 5.17. The van der Waals surface area contributed by atoms with Crippen LogP contribution in [-0.2, 0) is 16.1 Å². The number of rotatable bonds is 6. The lowest BCUT2D eigenvalue weighted by molar-refractivity contribution is -0.134. The molecule has 3 fully saturated rings. The van der Waals surface area contributed by atoms with Gasteiger partial charge in [0.05, 0.1) is 13.2 Å². The van der Waals surface area contributed by atoms with Crippen molar-refractivity contribution < 1.29 is 9.53 Å². The van der Waals surface area contributed by atoms with Crippen molar-refractivity contribution in [2.75, 3.05) is 25.1 Å². The lowest BCUT2D eigenvalue weighted by atomic mass is 10.1. The minimum Gasteiger partial charge on any atom is -0.378 e. The van der Waals surface area contributed by atoms with Crippen LogP contribution in [0, 0.1) is 0 Å². The highest BCUT2D eigenvalue weighted by Crippen LogP contribution is 2.26. The summed E-state index contributed by atoms with van der Waals surface area (Å²) in [5.74, 6) is 0.989. The number of aromatic nitrogens is 1. The van der Waals surface area contributed by atoms with Crippen molar-refractivity contribution in [3.05, 3.63) is 23.9 Å². The van der Waals surface area contributed by atoms with Gasteiger partial charge in [-0.05, 0) is 43.4 Å². The first-order chi connectivity index (χ1) is 12.3. The van der Waals surface area contributed by atoms with Gasteiger partial charge in [0.15, 0.2) is 0 Å². The van der Waals surface area contributed by atoms with E-state index in [4.69, 9.17) is 4.74 Å². The van der Waals surface area contributed by atoms with E-state index in [9.17, 15) is 4.79 Å². The zero-order chi connectivity index (χ0) is 17.1. The van der Waals surface area contributed by atoms with Gasteiger partial charge in [-0.1, -0.05) is 12.8 Å². The van der Waals surface area contributed by atoms with Crippen LogP contribution in [-0.4, -0.2) is 53.7 Å². The van der Waals surface area contributed by atoms with Gasteiger partial charge in [0.1, 0.15) is 11.9 Å². The second-order valence-electron chi connectivity index (χ2n) is 7.45. The van der Waals surface area contributed by atoms with Gasteiger partial charge in [-0.2, -0.15) is 0 Å². The number of carbonyl (C=O) groups excluding carboxylic acids is 1. The predicted molar refractivity (Wildman–Crippen MR) is 96.3 cm³/mol. The first-order valence-corrected chi connectivity index (χ1v) is 9.62. The molecule has 6 heteroatoms. The van der Waals surface area contributed by atoms with E-state index in [1.54, 1.807) is 6.20 Å². The van der Waals surface area contributed by atoms with E-state index < -0.39 is 0 Å². The summed E-state index contributed by atoms with van der Waals surface area (Å²) in [6.45, 7) is 2.65. The highest BCUT2D eigenvalue weighted by Gasteiger charge is 2.35. The summed E-state index contributed by atoms with van der Waals surface area (Å²) >= 11 is 0. The van der Waals surface area contributed by atoms with Crippen LogP contribution in [0.25, 0.3) is 0 Å². The molecule has 1 saturated heterocycles. The fraction of sp³-hybridized carbons (Fsp3) is 0.684. The summed E-state index contributed by atoms with van der Waals surface area (Å²) in [5.41, 5.74) is 1.08. The van der Waals surface area contributed by atoms with Gasteiger partial charge < -0.3 is 15.4 Å². The SMILES string of the molecule is O=C(NCc1ccnc(NC2CC2)c1)C1COCCN1C1CCCC1. The largest absolute Gasteiger partial charge is 0.378 e. The minimum absolute atomic E-state index is 0.0834. The highest BCUT2D eigenvalue weighted by atomic mass is 16.5. The standard InChI is InChI=1S/C19H28N4O2/c24-19(17-13-25-10-9-23(17)16-3-1-2-4-16)21-12-14-7-8-20-18(11-14)22-15-5-6-15/h7-8,11,15-17H,1-6,9-10,12-13H2,(H,20,22)(H,21,24). The molecule has 1 aliphatic heterocycles. The van der Waals surface area contributed by atoms with Crippen molar-refractivity contribution in [1.29, 1.82) is 0 Å². The topological polar surface area (TPSA) is 66.5 Å². The predicted octanol–water partition coefficient (Wildman–Crippen LogP) is 1.92. The molecule has 136 valence electrons. The molecule has 2 saturated carbocycles. The van der Waals surface area contributed by atoms with E-state index >= 15 is 0 Å². The summed E-state index contributed by atoms with van der Waals surface area (Å²) in [6.07, 6.45) is 9.24. The Hall–Kier alpha value is -1.66. The van der Waals surface area contributed by atoms with E-state index in [1.165, 1.54) is 38.5 Å². The maximum Gasteiger partial charge on any atom is 0.240 e. The molecule has 1 aromatic heterocycles. The van der Waals surface area contributed by atoms with Gasteiger partial charge in [-0.3, -0.25) is 9.69 Å². The Labute approximate surface area is 149 Å². The average molecular weight is 344 g/mol. The fourth-order valence-electron chi connectivity index (χ4n) is 3.92. The molecule has 0 radical (unpaired) electrons. The van der Waals surface area contributed by atoms with Gasteiger partial charge in [0.2, 0.25) is 5.91 Å². The van der Waals surface area contributed by atoms with Crippen LogP contribution in [0.15, 0.2) is 18.3 Å². The number of morpholine rings is 1. The van der Waals surface area contributed by atoms with Crippen LogP contribution in [0.5, 0.6) is 0 Å². The number of carbonyl (C=O) groups is 1. The molecule has 25 heavy (non-hydrogen) atoms. The third-order valence-electron chi connectivity index (χ3n) is 5.49. The van der Waals surface area contributed by atoms with Crippen molar-refractivity contribution >= 4 is 11.7 Å². The summed E-state index contributed by atoms with van der Waals surface area (Å²) in [7, 11) is 0. The summed E-state index contributed by atoms with van der Waals surface area (Å²) in [5, 5.41) is 6.50. The Morgan fingerprint density at radius 3 is 2.92 bits per heavy atom. The van der Waals surface area contributed by atoms with Crippen molar-refractivity contribution in [2.45, 2.75) is 63.2 Å². The molecule has 0 aromatic carbocycles. The molecule has 0 bridgehead atoms. The second kappa shape index (κ2) is 7.70. The van der Waals surface area contributed by atoms with Crippen LogP contribution >= 0.6 is 0 Å². The molecule has 3 aliphatic rings. The minimum atomic E-state index is -0.150. The van der Waals surface area contributed by atoms with Crippen LogP contribution in [0.1, 0.15) is 44.1 Å². The molecule has 1 amide bonds. The van der Waals surface area contributed by atoms with Gasteiger partial charge in [0.25, 0.3) is 0 Å². The monoisotopic (exact) mass is 344 g/mol. The first-order valence-electron chi connectivity index (χ1n) is 9.62. The van der Waals surface area contributed by atoms with Crippen LogP contribution in [0.3, 0.4) is 0 Å². The molecule has 2 heterocycles. The number of amides is 1. The number of nitrogens with zero attached hydrogens (tertiary/aromatic N) is 2. The van der Waals surface area contributed by atoms with E-state index in [0.717, 1.165) is 24.5 Å². The number of hydrogen-bond acceptors (Lipinski definition) is 5. The van der Waals surface area contributed by atoms with E-state index in [-0.39, 0.29) is 11.9 Å². The number of pyridine rings is 1. The smallest absolute Gasteiger partial charge is 0.240 e. The molecule has 0 spiro atoms. The van der Waals surface area contributed by atoms with E-state index in [1.807, 2.05) is 12.1 Å². The van der Waals surface area contributed by atoms with Crippen LogP contribution in [0.4, 0.5) is 5.82 Å². The summed E-state index contributed by atoms with van der Waals surface area (Å²) in [4.78, 5) is 19.5. The van der Waals surface area contributed by atoms with Crippen molar-refractivity contribution in [3.63, 3.8) is 0 Å². The van der Waals surface area contributed by atoms with Gasteiger partial charge in [-0.25, -0.2) is 4.98 Å². The van der Waals surface area contributed by atoms with E-state index in [0.29, 0.717) is 25.2 Å². The molecule has 2 aliphatic carbocycles. The van der Waals surface area contributed by atoms with Gasteiger partial charge in [0, 0.05) is 31.4 Å². The Morgan fingerprint density at radius 2 is 2.12 bits per heavy atom. The van der Waals surface area contributed by atoms with Crippen molar-refractivity contribution in [3.8, 4) is 0 Å². The first kappa shape index (κ1) is 16.8. The molecular formula is C19H28N4O2. The molecule has 1 atom stereocenters. The molecule has 1 unspecified atom stereocenters. The number of ether oxygens (including phenoxy) is 1. The molecule has 4 rings (SSSR count). The average Bonchev–Trinajstić information content (AvgIpc) is 3.29. The van der Waals surface area contributed by atoms with E-state index in [2.05, 4.69) is 20.5 Å².